The molecular formula is C10H17N3O. The van der Waals surface area contributed by atoms with Crippen molar-refractivity contribution in [2.75, 3.05) is 13.1 Å². The maximum Gasteiger partial charge on any atom is 0.150 e. The second kappa shape index (κ2) is 4.11. The van der Waals surface area contributed by atoms with Crippen LogP contribution in [0.1, 0.15) is 24.3 Å². The van der Waals surface area contributed by atoms with Gasteiger partial charge < -0.3 is 10.3 Å². The topological polar surface area (TPSA) is 55.3 Å². The summed E-state index contributed by atoms with van der Waals surface area (Å²) in [5.74, 6) is 0.956. The molecule has 14 heavy (non-hydrogen) atoms. The van der Waals surface area contributed by atoms with Gasteiger partial charge >= 0.3 is 0 Å². The van der Waals surface area contributed by atoms with Crippen LogP contribution in [0, 0.1) is 6.92 Å². The molecule has 0 radical (unpaired) electrons. The van der Waals surface area contributed by atoms with Gasteiger partial charge in [-0.05, 0) is 19.8 Å². The Morgan fingerprint density at radius 3 is 2.86 bits per heavy atom. The standard InChI is InChI=1S/C10H17N3O/c1-8-6-10(14-12-8)7-13-4-2-9(11)3-5-13/h6,9H,2-5,7,11H2,1H3. The summed E-state index contributed by atoms with van der Waals surface area (Å²) in [4.78, 5) is 2.36. The van der Waals surface area contributed by atoms with Crippen molar-refractivity contribution in [1.29, 1.82) is 0 Å². The Hall–Kier alpha value is -0.870. The fourth-order valence-electron chi connectivity index (χ4n) is 1.82. The van der Waals surface area contributed by atoms with Gasteiger partial charge in [0.2, 0.25) is 0 Å². The van der Waals surface area contributed by atoms with Crippen LogP contribution in [-0.2, 0) is 6.54 Å². The first kappa shape index (κ1) is 9.68. The van der Waals surface area contributed by atoms with E-state index in [1.165, 1.54) is 0 Å². The number of nitrogens with two attached hydrogens (primary N) is 1. The quantitative estimate of drug-likeness (QED) is 0.762. The molecule has 78 valence electrons. The third kappa shape index (κ3) is 2.33. The maximum absolute atomic E-state index is 5.83. The second-order valence-corrected chi connectivity index (χ2v) is 4.05. The third-order valence-electron chi connectivity index (χ3n) is 2.69. The number of hydrogen-bond donors (Lipinski definition) is 1. The lowest BCUT2D eigenvalue weighted by Crippen LogP contribution is -2.39. The van der Waals surface area contributed by atoms with Crippen LogP contribution in [0.25, 0.3) is 0 Å². The molecule has 1 aliphatic rings. The minimum atomic E-state index is 0.391. The van der Waals surface area contributed by atoms with Crippen molar-refractivity contribution in [2.45, 2.75) is 32.4 Å². The molecule has 0 atom stereocenters. The van der Waals surface area contributed by atoms with Crippen LogP contribution in [-0.4, -0.2) is 29.2 Å². The molecule has 0 unspecified atom stereocenters. The van der Waals surface area contributed by atoms with Crippen LogP contribution in [0.15, 0.2) is 10.6 Å². The molecule has 2 heterocycles. The van der Waals surface area contributed by atoms with E-state index in [2.05, 4.69) is 10.1 Å². The molecule has 1 fully saturated rings. The summed E-state index contributed by atoms with van der Waals surface area (Å²) in [5.41, 5.74) is 6.78. The minimum Gasteiger partial charge on any atom is -0.360 e. The van der Waals surface area contributed by atoms with Crippen LogP contribution >= 0.6 is 0 Å². The first-order chi connectivity index (χ1) is 6.74. The molecule has 4 nitrogen and oxygen atoms in total. The van der Waals surface area contributed by atoms with Gasteiger partial charge in [0.1, 0.15) is 0 Å². The van der Waals surface area contributed by atoms with Crippen molar-refractivity contribution >= 4 is 0 Å². The summed E-state index contributed by atoms with van der Waals surface area (Å²) < 4.78 is 5.17. The number of aromatic nitrogens is 1. The minimum absolute atomic E-state index is 0.391. The van der Waals surface area contributed by atoms with E-state index < -0.39 is 0 Å². The molecule has 4 heteroatoms. The first-order valence-electron chi connectivity index (χ1n) is 5.14. The van der Waals surface area contributed by atoms with E-state index in [4.69, 9.17) is 10.3 Å². The number of piperidine rings is 1. The Bertz CT molecular complexity index is 289. The number of nitrogens with zero attached hydrogens (tertiary/aromatic N) is 2. The maximum atomic E-state index is 5.83. The van der Waals surface area contributed by atoms with Crippen molar-refractivity contribution in [1.82, 2.24) is 10.1 Å². The first-order valence-corrected chi connectivity index (χ1v) is 5.14. The summed E-state index contributed by atoms with van der Waals surface area (Å²) in [6, 6.07) is 2.39. The molecule has 0 aliphatic carbocycles. The van der Waals surface area contributed by atoms with Crippen molar-refractivity contribution in [3.8, 4) is 0 Å². The van der Waals surface area contributed by atoms with Crippen molar-refractivity contribution in [3.63, 3.8) is 0 Å². The highest BCUT2D eigenvalue weighted by Gasteiger charge is 2.17. The molecule has 2 rings (SSSR count). The largest absolute Gasteiger partial charge is 0.360 e. The third-order valence-corrected chi connectivity index (χ3v) is 2.69. The van der Waals surface area contributed by atoms with E-state index >= 15 is 0 Å². The number of rotatable bonds is 2. The molecule has 1 aromatic heterocycles. The summed E-state index contributed by atoms with van der Waals surface area (Å²) >= 11 is 0. The molecule has 0 saturated carbocycles. The average Bonchev–Trinajstić information content (AvgIpc) is 2.56. The Kier molecular flexibility index (Phi) is 2.84. The van der Waals surface area contributed by atoms with Crippen LogP contribution < -0.4 is 5.73 Å². The molecule has 0 amide bonds. The fourth-order valence-corrected chi connectivity index (χ4v) is 1.82. The lowest BCUT2D eigenvalue weighted by atomic mass is 10.1. The molecule has 1 aliphatic heterocycles. The van der Waals surface area contributed by atoms with E-state index in [0.29, 0.717) is 6.04 Å². The van der Waals surface area contributed by atoms with Crippen molar-refractivity contribution < 1.29 is 4.52 Å². The van der Waals surface area contributed by atoms with Crippen LogP contribution in [0.3, 0.4) is 0 Å². The zero-order valence-electron chi connectivity index (χ0n) is 8.57. The molecule has 1 aromatic rings. The van der Waals surface area contributed by atoms with Gasteiger partial charge in [0.25, 0.3) is 0 Å². The van der Waals surface area contributed by atoms with E-state index in [1.807, 2.05) is 13.0 Å². The zero-order chi connectivity index (χ0) is 9.97. The van der Waals surface area contributed by atoms with Gasteiger partial charge in [0.15, 0.2) is 5.76 Å². The summed E-state index contributed by atoms with van der Waals surface area (Å²) in [7, 11) is 0. The predicted octanol–water partition coefficient (Wildman–Crippen LogP) is 0.906. The molecule has 1 saturated heterocycles. The highest BCUT2D eigenvalue weighted by atomic mass is 16.5. The molecule has 2 N–H and O–H groups in total. The highest BCUT2D eigenvalue weighted by molar-refractivity contribution is 5.03. The monoisotopic (exact) mass is 195 g/mol. The molecule has 0 bridgehead atoms. The average molecular weight is 195 g/mol. The van der Waals surface area contributed by atoms with Crippen LogP contribution in [0.2, 0.25) is 0 Å². The Morgan fingerprint density at radius 1 is 1.57 bits per heavy atom. The lowest BCUT2D eigenvalue weighted by molar-refractivity contribution is 0.185. The fraction of sp³-hybridized carbons (Fsp3) is 0.700. The number of likely N-dealkylation sites (tertiary alicyclic amines) is 1. The highest BCUT2D eigenvalue weighted by Crippen LogP contribution is 2.12. The van der Waals surface area contributed by atoms with E-state index in [1.54, 1.807) is 0 Å². The van der Waals surface area contributed by atoms with Gasteiger partial charge in [-0.1, -0.05) is 5.16 Å². The molecular weight excluding hydrogens is 178 g/mol. The lowest BCUT2D eigenvalue weighted by Gasteiger charge is -2.28. The second-order valence-electron chi connectivity index (χ2n) is 4.05. The van der Waals surface area contributed by atoms with E-state index in [0.717, 1.165) is 43.9 Å². The normalized spacial score (nSPS) is 20.1. The summed E-state index contributed by atoms with van der Waals surface area (Å²) in [6.07, 6.45) is 2.18. The van der Waals surface area contributed by atoms with Crippen LogP contribution in [0.5, 0.6) is 0 Å². The SMILES string of the molecule is Cc1cc(CN2CCC(N)CC2)on1. The van der Waals surface area contributed by atoms with Gasteiger partial charge in [0, 0.05) is 25.2 Å². The number of hydrogen-bond acceptors (Lipinski definition) is 4. The molecule has 0 spiro atoms. The van der Waals surface area contributed by atoms with Crippen LogP contribution in [0.4, 0.5) is 0 Å². The van der Waals surface area contributed by atoms with Crippen molar-refractivity contribution in [3.05, 3.63) is 17.5 Å². The van der Waals surface area contributed by atoms with Gasteiger partial charge in [-0.15, -0.1) is 0 Å². The van der Waals surface area contributed by atoms with Gasteiger partial charge in [-0.3, -0.25) is 4.90 Å². The van der Waals surface area contributed by atoms with E-state index in [-0.39, 0.29) is 0 Å². The van der Waals surface area contributed by atoms with Gasteiger partial charge in [0.05, 0.1) is 12.2 Å². The number of aryl methyl sites for hydroxylation is 1. The van der Waals surface area contributed by atoms with E-state index in [9.17, 15) is 0 Å². The van der Waals surface area contributed by atoms with Gasteiger partial charge in [-0.25, -0.2) is 0 Å². The zero-order valence-corrected chi connectivity index (χ0v) is 8.57. The Morgan fingerprint density at radius 2 is 2.29 bits per heavy atom. The molecule has 0 aromatic carbocycles. The predicted molar refractivity (Wildman–Crippen MR) is 53.7 cm³/mol. The Balaban J connectivity index is 1.86. The summed E-state index contributed by atoms with van der Waals surface area (Å²) in [5, 5.41) is 3.87. The smallest absolute Gasteiger partial charge is 0.150 e. The Labute approximate surface area is 84.0 Å². The van der Waals surface area contributed by atoms with Gasteiger partial charge in [-0.2, -0.15) is 0 Å². The summed E-state index contributed by atoms with van der Waals surface area (Å²) in [6.45, 7) is 4.95. The van der Waals surface area contributed by atoms with Crippen molar-refractivity contribution in [2.24, 2.45) is 5.73 Å².